The number of sulfone groups is 1. The van der Waals surface area contributed by atoms with Crippen molar-refractivity contribution in [3.05, 3.63) is 34.9 Å². The van der Waals surface area contributed by atoms with E-state index in [-0.39, 0.29) is 36.8 Å². The summed E-state index contributed by atoms with van der Waals surface area (Å²) in [6.45, 7) is 0.125. The van der Waals surface area contributed by atoms with Gasteiger partial charge in [-0.2, -0.15) is 0 Å². The Morgan fingerprint density at radius 1 is 1.23 bits per heavy atom. The van der Waals surface area contributed by atoms with Crippen LogP contribution < -0.4 is 5.32 Å². The molecule has 118 valence electrons. The van der Waals surface area contributed by atoms with E-state index >= 15 is 0 Å². The van der Waals surface area contributed by atoms with E-state index in [0.29, 0.717) is 5.02 Å². The lowest BCUT2D eigenvalue weighted by molar-refractivity contribution is -0.132. The minimum absolute atomic E-state index is 0.0793. The van der Waals surface area contributed by atoms with Gasteiger partial charge in [-0.15, -0.1) is 0 Å². The standard InChI is InChI=1S/C14H15ClN2O4S/c15-11-3-1-2-10(8-11)9-17-12(18)14(16-13(17)19)4-6-22(20,21)7-5-14/h1-3,8H,4-7,9H2,(H,16,19). The van der Waals surface area contributed by atoms with Gasteiger partial charge in [0.15, 0.2) is 9.84 Å². The largest absolute Gasteiger partial charge is 0.325 e. The number of nitrogens with one attached hydrogen (secondary N) is 1. The molecule has 0 atom stereocenters. The van der Waals surface area contributed by atoms with Crippen molar-refractivity contribution in [3.63, 3.8) is 0 Å². The van der Waals surface area contributed by atoms with Crippen LogP contribution in [0, 0.1) is 0 Å². The Hall–Kier alpha value is -1.60. The molecule has 0 aliphatic carbocycles. The molecule has 1 aromatic carbocycles. The molecule has 2 heterocycles. The van der Waals surface area contributed by atoms with Crippen LogP contribution in [-0.4, -0.2) is 42.3 Å². The third-order valence-electron chi connectivity index (χ3n) is 4.16. The van der Waals surface area contributed by atoms with Gasteiger partial charge in [-0.25, -0.2) is 13.2 Å². The van der Waals surface area contributed by atoms with Crippen molar-refractivity contribution < 1.29 is 18.0 Å². The van der Waals surface area contributed by atoms with Crippen LogP contribution in [0.5, 0.6) is 0 Å². The summed E-state index contributed by atoms with van der Waals surface area (Å²) < 4.78 is 23.1. The predicted molar refractivity (Wildman–Crippen MR) is 81.2 cm³/mol. The van der Waals surface area contributed by atoms with Crippen LogP contribution in [0.2, 0.25) is 5.02 Å². The molecule has 6 nitrogen and oxygen atoms in total. The van der Waals surface area contributed by atoms with Crippen LogP contribution in [0.1, 0.15) is 18.4 Å². The zero-order chi connectivity index (χ0) is 16.0. The molecule has 22 heavy (non-hydrogen) atoms. The van der Waals surface area contributed by atoms with Crippen molar-refractivity contribution in [1.82, 2.24) is 10.2 Å². The van der Waals surface area contributed by atoms with Crippen molar-refractivity contribution >= 4 is 33.4 Å². The van der Waals surface area contributed by atoms with Crippen molar-refractivity contribution in [2.24, 2.45) is 0 Å². The number of urea groups is 1. The molecular weight excluding hydrogens is 328 g/mol. The minimum Gasteiger partial charge on any atom is -0.323 e. The Morgan fingerprint density at radius 3 is 2.55 bits per heavy atom. The molecule has 8 heteroatoms. The van der Waals surface area contributed by atoms with Gasteiger partial charge >= 0.3 is 6.03 Å². The number of carbonyl (C=O) groups excluding carboxylic acids is 2. The molecule has 2 aliphatic rings. The van der Waals surface area contributed by atoms with E-state index < -0.39 is 21.4 Å². The maximum absolute atomic E-state index is 12.6. The fourth-order valence-electron chi connectivity index (χ4n) is 2.86. The van der Waals surface area contributed by atoms with Gasteiger partial charge in [-0.3, -0.25) is 9.69 Å². The summed E-state index contributed by atoms with van der Waals surface area (Å²) in [4.78, 5) is 25.9. The fraction of sp³-hybridized carbons (Fsp3) is 0.429. The number of rotatable bonds is 2. The maximum atomic E-state index is 12.6. The van der Waals surface area contributed by atoms with E-state index in [1.807, 2.05) is 0 Å². The molecule has 0 saturated carbocycles. The van der Waals surface area contributed by atoms with Crippen LogP contribution in [0.25, 0.3) is 0 Å². The van der Waals surface area contributed by atoms with Gasteiger partial charge in [0.1, 0.15) is 5.54 Å². The molecule has 2 aliphatic heterocycles. The highest BCUT2D eigenvalue weighted by atomic mass is 35.5. The van der Waals surface area contributed by atoms with Crippen LogP contribution in [-0.2, 0) is 21.2 Å². The van der Waals surface area contributed by atoms with E-state index in [0.717, 1.165) is 10.5 Å². The first kappa shape index (κ1) is 15.3. The summed E-state index contributed by atoms with van der Waals surface area (Å²) in [5.41, 5.74) is -0.322. The Labute approximate surface area is 133 Å². The number of amides is 3. The molecule has 0 unspecified atom stereocenters. The van der Waals surface area contributed by atoms with Crippen LogP contribution in [0.15, 0.2) is 24.3 Å². The maximum Gasteiger partial charge on any atom is 0.325 e. The molecule has 1 aromatic rings. The predicted octanol–water partition coefficient (Wildman–Crippen LogP) is 1.34. The Kier molecular flexibility index (Phi) is 3.65. The summed E-state index contributed by atoms with van der Waals surface area (Å²) in [6, 6.07) is 6.45. The normalized spacial score (nSPS) is 22.9. The average Bonchev–Trinajstić information content (AvgIpc) is 2.68. The number of carbonyl (C=O) groups is 2. The molecule has 0 radical (unpaired) electrons. The smallest absolute Gasteiger partial charge is 0.323 e. The molecule has 1 spiro atoms. The van der Waals surface area contributed by atoms with Gasteiger partial charge in [-0.05, 0) is 30.5 Å². The number of benzene rings is 1. The summed E-state index contributed by atoms with van der Waals surface area (Å²) in [5.74, 6) is -0.513. The lowest BCUT2D eigenvalue weighted by Gasteiger charge is -2.30. The molecule has 1 N–H and O–H groups in total. The van der Waals surface area contributed by atoms with Crippen molar-refractivity contribution in [3.8, 4) is 0 Å². The molecule has 3 amide bonds. The van der Waals surface area contributed by atoms with Crippen molar-refractivity contribution in [2.75, 3.05) is 11.5 Å². The lowest BCUT2D eigenvalue weighted by Crippen LogP contribution is -2.52. The van der Waals surface area contributed by atoms with Gasteiger partial charge in [0.05, 0.1) is 18.1 Å². The van der Waals surface area contributed by atoms with Crippen LogP contribution in [0.4, 0.5) is 4.79 Å². The average molecular weight is 343 g/mol. The highest BCUT2D eigenvalue weighted by molar-refractivity contribution is 7.91. The SMILES string of the molecule is O=C1NC2(CCS(=O)(=O)CC2)C(=O)N1Cc1cccc(Cl)c1. The van der Waals surface area contributed by atoms with E-state index in [2.05, 4.69) is 5.32 Å². The Morgan fingerprint density at radius 2 is 1.91 bits per heavy atom. The zero-order valence-electron chi connectivity index (χ0n) is 11.7. The molecule has 2 fully saturated rings. The van der Waals surface area contributed by atoms with E-state index in [1.165, 1.54) is 0 Å². The van der Waals surface area contributed by atoms with Gasteiger partial charge in [0.25, 0.3) is 5.91 Å². The van der Waals surface area contributed by atoms with E-state index in [4.69, 9.17) is 11.6 Å². The Balaban J connectivity index is 1.80. The fourth-order valence-corrected chi connectivity index (χ4v) is 4.60. The molecular formula is C14H15ClN2O4S. The van der Waals surface area contributed by atoms with Gasteiger partial charge in [0.2, 0.25) is 0 Å². The van der Waals surface area contributed by atoms with Gasteiger partial charge in [0, 0.05) is 5.02 Å². The summed E-state index contributed by atoms with van der Waals surface area (Å²) in [6.07, 6.45) is 0.262. The third-order valence-corrected chi connectivity index (χ3v) is 6.04. The second-order valence-electron chi connectivity index (χ2n) is 5.69. The van der Waals surface area contributed by atoms with Crippen LogP contribution >= 0.6 is 11.6 Å². The van der Waals surface area contributed by atoms with E-state index in [9.17, 15) is 18.0 Å². The molecule has 0 aromatic heterocycles. The quantitative estimate of drug-likeness (QED) is 0.822. The second-order valence-corrected chi connectivity index (χ2v) is 8.43. The highest BCUT2D eigenvalue weighted by Crippen LogP contribution is 2.31. The molecule has 3 rings (SSSR count). The number of imide groups is 1. The zero-order valence-corrected chi connectivity index (χ0v) is 13.3. The first-order valence-corrected chi connectivity index (χ1v) is 9.10. The first-order chi connectivity index (χ1) is 10.3. The highest BCUT2D eigenvalue weighted by Gasteiger charge is 2.53. The minimum atomic E-state index is -3.11. The van der Waals surface area contributed by atoms with Gasteiger partial charge in [-0.1, -0.05) is 23.7 Å². The topological polar surface area (TPSA) is 83.5 Å². The van der Waals surface area contributed by atoms with Gasteiger partial charge < -0.3 is 5.32 Å². The lowest BCUT2D eigenvalue weighted by atomic mass is 9.92. The second kappa shape index (κ2) is 5.24. The number of nitrogens with zero attached hydrogens (tertiary/aromatic N) is 1. The molecule has 2 saturated heterocycles. The van der Waals surface area contributed by atoms with Crippen LogP contribution in [0.3, 0.4) is 0 Å². The number of halogens is 1. The molecule has 0 bridgehead atoms. The van der Waals surface area contributed by atoms with Crippen molar-refractivity contribution in [2.45, 2.75) is 24.9 Å². The van der Waals surface area contributed by atoms with Crippen molar-refractivity contribution in [1.29, 1.82) is 0 Å². The third kappa shape index (κ3) is 2.70. The summed E-state index contributed by atoms with van der Waals surface area (Å²) in [7, 11) is -3.11. The first-order valence-electron chi connectivity index (χ1n) is 6.90. The number of hydrogen-bond acceptors (Lipinski definition) is 4. The number of hydrogen-bond donors (Lipinski definition) is 1. The Bertz CT molecular complexity index is 733. The summed E-state index contributed by atoms with van der Waals surface area (Å²) >= 11 is 5.91. The summed E-state index contributed by atoms with van der Waals surface area (Å²) in [5, 5.41) is 3.21. The monoisotopic (exact) mass is 342 g/mol. The van der Waals surface area contributed by atoms with E-state index in [1.54, 1.807) is 24.3 Å².